The Bertz CT molecular complexity index is 4080. The Morgan fingerprint density at radius 1 is 0.384 bits per heavy atom. The van der Waals surface area contributed by atoms with Gasteiger partial charge in [-0.05, 0) is 39.9 Å². The van der Waals surface area contributed by atoms with Crippen molar-refractivity contribution in [1.29, 1.82) is 5.26 Å². The molecule has 0 atom stereocenters. The fourth-order valence-corrected chi connectivity index (χ4v) is 9.93. The Balaban J connectivity index is 1.11. The van der Waals surface area contributed by atoms with Crippen LogP contribution in [0.25, 0.3) is 139 Å². The van der Waals surface area contributed by atoms with Crippen LogP contribution in [0.3, 0.4) is 0 Å². The highest BCUT2D eigenvalue weighted by molar-refractivity contribution is 6.17. The van der Waals surface area contributed by atoms with E-state index in [0.717, 1.165) is 66.7 Å². The zero-order valence-corrected chi connectivity index (χ0v) is 38.8. The molecule has 8 aromatic carbocycles. The molecule has 0 N–H and O–H groups in total. The first-order chi connectivity index (χ1) is 36.1. The topological polar surface area (TPSA) is 119 Å². The van der Waals surface area contributed by atoms with E-state index in [1.165, 1.54) is 0 Å². The van der Waals surface area contributed by atoms with Crippen LogP contribution in [0.2, 0.25) is 0 Å². The van der Waals surface area contributed by atoms with Gasteiger partial charge in [0.15, 0.2) is 0 Å². The molecule has 5 heterocycles. The van der Waals surface area contributed by atoms with E-state index >= 15 is 0 Å². The lowest BCUT2D eigenvalue weighted by Crippen LogP contribution is -1.99. The van der Waals surface area contributed by atoms with Crippen LogP contribution < -0.4 is 0 Å². The Hall–Kier alpha value is -10.5. The van der Waals surface area contributed by atoms with E-state index in [1.807, 2.05) is 182 Å². The molecule has 9 heteroatoms. The Kier molecular flexibility index (Phi) is 10.4. The van der Waals surface area contributed by atoms with Crippen LogP contribution in [0.15, 0.2) is 223 Å². The summed E-state index contributed by atoms with van der Waals surface area (Å²) in [4.78, 5) is 25.6. The summed E-state index contributed by atoms with van der Waals surface area (Å²) < 4.78 is 6.92. The monoisotopic (exact) mass is 932 g/mol. The largest absolute Gasteiger partial charge is 0.417 e. The van der Waals surface area contributed by atoms with Gasteiger partial charge in [-0.2, -0.15) is 5.26 Å². The lowest BCUT2D eigenvalue weighted by atomic mass is 9.93. The molecule has 0 saturated heterocycles. The number of nitriles is 1. The molecular formula is C64H36N8O. The van der Waals surface area contributed by atoms with Crippen molar-refractivity contribution in [2.24, 2.45) is 0 Å². The normalized spacial score (nSPS) is 11.3. The molecule has 13 rings (SSSR count). The number of hydrogen-bond donors (Lipinski definition) is 0. The van der Waals surface area contributed by atoms with Crippen LogP contribution in [0.1, 0.15) is 5.56 Å². The van der Waals surface area contributed by atoms with Crippen LogP contribution in [0.5, 0.6) is 0 Å². The molecule has 13 aromatic rings. The van der Waals surface area contributed by atoms with Gasteiger partial charge in [-0.15, -0.1) is 10.2 Å². The van der Waals surface area contributed by atoms with Gasteiger partial charge in [0.2, 0.25) is 17.5 Å². The molecule has 0 unspecified atom stereocenters. The molecule has 0 spiro atoms. The van der Waals surface area contributed by atoms with Gasteiger partial charge in [0.05, 0.1) is 68.1 Å². The van der Waals surface area contributed by atoms with Gasteiger partial charge < -0.3 is 4.42 Å². The predicted molar refractivity (Wildman–Crippen MR) is 290 cm³/mol. The quantitative estimate of drug-likeness (QED) is 0.109. The van der Waals surface area contributed by atoms with Crippen LogP contribution in [0, 0.1) is 17.9 Å². The van der Waals surface area contributed by atoms with Crippen LogP contribution in [-0.2, 0) is 0 Å². The minimum atomic E-state index is 0.0803. The van der Waals surface area contributed by atoms with E-state index < -0.39 is 0 Å². The van der Waals surface area contributed by atoms with Crippen molar-refractivity contribution in [1.82, 2.24) is 30.1 Å². The Morgan fingerprint density at radius 3 is 1.18 bits per heavy atom. The minimum Gasteiger partial charge on any atom is -0.417 e. The van der Waals surface area contributed by atoms with E-state index in [0.29, 0.717) is 55.4 Å². The zero-order chi connectivity index (χ0) is 48.8. The van der Waals surface area contributed by atoms with E-state index in [2.05, 4.69) is 47.3 Å². The number of hydrogen-bond acceptors (Lipinski definition) is 8. The fraction of sp³-hybridized carbons (Fsp3) is 0. The minimum absolute atomic E-state index is 0.0803. The third-order valence-electron chi connectivity index (χ3n) is 13.3. The van der Waals surface area contributed by atoms with E-state index in [1.54, 1.807) is 0 Å². The molecule has 338 valence electrons. The second-order valence-corrected chi connectivity index (χ2v) is 17.6. The number of nitrogens with zero attached hydrogens (tertiary/aromatic N) is 8. The molecule has 0 radical (unpaired) electrons. The summed E-state index contributed by atoms with van der Waals surface area (Å²) in [5, 5.41) is 23.8. The van der Waals surface area contributed by atoms with Crippen molar-refractivity contribution in [2.45, 2.75) is 0 Å². The number of pyridine rings is 4. The summed E-state index contributed by atoms with van der Waals surface area (Å²) in [5.41, 5.74) is 13.5. The van der Waals surface area contributed by atoms with Crippen molar-refractivity contribution in [3.05, 3.63) is 235 Å². The van der Waals surface area contributed by atoms with Crippen LogP contribution in [0.4, 0.5) is 5.69 Å². The van der Waals surface area contributed by atoms with Crippen molar-refractivity contribution in [3.8, 4) is 96.3 Å². The van der Waals surface area contributed by atoms with Crippen molar-refractivity contribution >= 4 is 49.3 Å². The average Bonchev–Trinajstić information content (AvgIpc) is 3.96. The van der Waals surface area contributed by atoms with E-state index in [-0.39, 0.29) is 23.0 Å². The van der Waals surface area contributed by atoms with Gasteiger partial charge in [-0.25, -0.2) is 19.8 Å². The molecule has 73 heavy (non-hydrogen) atoms. The summed E-state index contributed by atoms with van der Waals surface area (Å²) in [7, 11) is 0. The molecule has 0 saturated carbocycles. The van der Waals surface area contributed by atoms with Crippen LogP contribution >= 0.6 is 0 Å². The summed E-state index contributed by atoms with van der Waals surface area (Å²) >= 11 is 0. The lowest BCUT2D eigenvalue weighted by molar-refractivity contribution is 0.586. The number of aromatic nitrogens is 6. The SMILES string of the molecule is [C-]#[N+]c1c(-c2ccccc2)nc2c(ccc3c(-c4ccccc4)cc(-c4ccccc4)nc32)c1-c1nnc(-c2c(C#N)c(-c3ccccc3)nc3c2ccc2c(-c4ccccc4)cc(-c4ccccc4)nc23)o1. The second-order valence-electron chi connectivity index (χ2n) is 17.6. The van der Waals surface area contributed by atoms with Gasteiger partial charge in [-0.1, -0.05) is 206 Å². The smallest absolute Gasteiger partial charge is 0.250 e. The number of fused-ring (bicyclic) bond motifs is 6. The standard InChI is InChI=1S/C64H36N8O/c1-66-62-55(48-35-33-46-50(40-22-10-3-11-23-40)37-53(42-26-14-5-15-27-42)68-59(46)61(48)70-57(62)44-30-18-7-19-31-44)64-72-71-63(73-64)54-47-34-32-45-49(39-20-8-2-9-21-39)36-52(41-24-12-4-13-25-41)67-58(45)60(47)69-56(51(54)38-65)43-28-16-6-17-29-43/h2-37H. The highest BCUT2D eigenvalue weighted by Gasteiger charge is 2.29. The lowest BCUT2D eigenvalue weighted by Gasteiger charge is -2.16. The molecule has 9 nitrogen and oxygen atoms in total. The van der Waals surface area contributed by atoms with Gasteiger partial charge >= 0.3 is 0 Å². The molecule has 0 aliphatic heterocycles. The first-order valence-electron chi connectivity index (χ1n) is 23.7. The molecule has 0 fully saturated rings. The van der Waals surface area contributed by atoms with Crippen molar-refractivity contribution in [2.75, 3.05) is 0 Å². The van der Waals surface area contributed by atoms with E-state index in [4.69, 9.17) is 41.1 Å². The molecular weight excluding hydrogens is 897 g/mol. The fourth-order valence-electron chi connectivity index (χ4n) is 9.93. The maximum Gasteiger partial charge on any atom is 0.250 e. The highest BCUT2D eigenvalue weighted by Crippen LogP contribution is 2.47. The molecule has 0 amide bonds. The van der Waals surface area contributed by atoms with Crippen LogP contribution in [-0.4, -0.2) is 30.1 Å². The van der Waals surface area contributed by atoms with Crippen molar-refractivity contribution < 1.29 is 4.42 Å². The third-order valence-corrected chi connectivity index (χ3v) is 13.3. The first-order valence-corrected chi connectivity index (χ1v) is 23.7. The predicted octanol–water partition coefficient (Wildman–Crippen LogP) is 16.0. The summed E-state index contributed by atoms with van der Waals surface area (Å²) in [6, 6.07) is 74.6. The zero-order valence-electron chi connectivity index (χ0n) is 38.8. The highest BCUT2D eigenvalue weighted by atomic mass is 16.4. The third kappa shape index (κ3) is 7.32. The second kappa shape index (κ2) is 17.8. The van der Waals surface area contributed by atoms with E-state index in [9.17, 15) is 5.26 Å². The van der Waals surface area contributed by atoms with Gasteiger partial charge in [-0.3, -0.25) is 4.98 Å². The number of rotatable bonds is 8. The molecule has 0 aliphatic carbocycles. The van der Waals surface area contributed by atoms with Crippen molar-refractivity contribution in [3.63, 3.8) is 0 Å². The summed E-state index contributed by atoms with van der Waals surface area (Å²) in [6.45, 7) is 8.78. The molecule has 5 aromatic heterocycles. The van der Waals surface area contributed by atoms with Gasteiger partial charge in [0.1, 0.15) is 6.07 Å². The summed E-state index contributed by atoms with van der Waals surface area (Å²) in [6.07, 6.45) is 0. The average molecular weight is 933 g/mol. The maximum absolute atomic E-state index is 11.2. The maximum atomic E-state index is 11.2. The first kappa shape index (κ1) is 42.6. The molecule has 0 aliphatic rings. The number of benzene rings is 8. The Morgan fingerprint density at radius 2 is 0.740 bits per heavy atom. The Labute approximate surface area is 418 Å². The molecule has 0 bridgehead atoms. The summed E-state index contributed by atoms with van der Waals surface area (Å²) in [5.74, 6) is 0.163. The van der Waals surface area contributed by atoms with Gasteiger partial charge in [0, 0.05) is 38.2 Å². The van der Waals surface area contributed by atoms with Gasteiger partial charge in [0.25, 0.3) is 0 Å².